The summed E-state index contributed by atoms with van der Waals surface area (Å²) in [4.78, 5) is 23.0. The highest BCUT2D eigenvalue weighted by molar-refractivity contribution is 7.98. The van der Waals surface area contributed by atoms with Gasteiger partial charge in [0.25, 0.3) is 0 Å². The Labute approximate surface area is 208 Å². The number of hydrogen-bond donors (Lipinski definition) is 0. The SMILES string of the molecule is CSc1cccc2sc(N(CCN3CCOCC3)C(=O)CS(=O)(=O)c3ccccc3)nc12.Cl. The average molecular weight is 528 g/mol. The highest BCUT2D eigenvalue weighted by Gasteiger charge is 2.27. The van der Waals surface area contributed by atoms with E-state index in [0.717, 1.165) is 28.2 Å². The van der Waals surface area contributed by atoms with Gasteiger partial charge in [-0.15, -0.1) is 24.2 Å². The van der Waals surface area contributed by atoms with E-state index in [4.69, 9.17) is 9.72 Å². The van der Waals surface area contributed by atoms with E-state index in [1.807, 2.05) is 24.5 Å². The predicted octanol–water partition coefficient (Wildman–Crippen LogP) is 3.58. The molecule has 178 valence electrons. The van der Waals surface area contributed by atoms with E-state index in [9.17, 15) is 13.2 Å². The van der Waals surface area contributed by atoms with Crippen LogP contribution >= 0.6 is 35.5 Å². The normalized spacial score (nSPS) is 14.7. The Morgan fingerprint density at radius 1 is 1.15 bits per heavy atom. The van der Waals surface area contributed by atoms with Gasteiger partial charge in [0.1, 0.15) is 5.75 Å². The van der Waals surface area contributed by atoms with Gasteiger partial charge in [0.15, 0.2) is 15.0 Å². The second-order valence-corrected chi connectivity index (χ2v) is 11.2. The minimum atomic E-state index is -3.75. The van der Waals surface area contributed by atoms with Crippen LogP contribution in [0.1, 0.15) is 0 Å². The molecule has 0 bridgehead atoms. The Hall–Kier alpha value is -1.69. The standard InChI is InChI=1S/C22H25N3O4S3.ClH/c1-30-18-8-5-9-19-21(18)23-22(31-19)25(11-10-24-12-14-29-15-13-24)20(26)16-32(27,28)17-6-3-2-4-7-17;/h2-9H,10-16H2,1H3;1H. The van der Waals surface area contributed by atoms with Gasteiger partial charge in [0.05, 0.1) is 28.3 Å². The second kappa shape index (κ2) is 11.6. The molecule has 1 aliphatic heterocycles. The molecule has 7 nitrogen and oxygen atoms in total. The molecule has 2 aromatic carbocycles. The van der Waals surface area contributed by atoms with Crippen molar-refractivity contribution in [2.75, 3.05) is 56.3 Å². The second-order valence-electron chi connectivity index (χ2n) is 7.37. The number of fused-ring (bicyclic) bond motifs is 1. The molecule has 1 amide bonds. The van der Waals surface area contributed by atoms with Crippen LogP contribution in [0.5, 0.6) is 0 Å². The minimum Gasteiger partial charge on any atom is -0.379 e. The summed E-state index contributed by atoms with van der Waals surface area (Å²) in [7, 11) is -3.75. The van der Waals surface area contributed by atoms with Crippen molar-refractivity contribution in [3.8, 4) is 0 Å². The first-order chi connectivity index (χ1) is 15.5. The summed E-state index contributed by atoms with van der Waals surface area (Å²) >= 11 is 3.01. The Bertz CT molecular complexity index is 1180. The highest BCUT2D eigenvalue weighted by atomic mass is 35.5. The number of benzene rings is 2. The van der Waals surface area contributed by atoms with Crippen molar-refractivity contribution in [3.05, 3.63) is 48.5 Å². The van der Waals surface area contributed by atoms with Crippen molar-refractivity contribution in [2.24, 2.45) is 0 Å². The van der Waals surface area contributed by atoms with Gasteiger partial charge in [-0.05, 0) is 30.5 Å². The molecule has 4 rings (SSSR count). The van der Waals surface area contributed by atoms with E-state index in [2.05, 4.69) is 4.90 Å². The van der Waals surface area contributed by atoms with Crippen LogP contribution in [-0.2, 0) is 19.4 Å². The quantitative estimate of drug-likeness (QED) is 0.414. The zero-order chi connectivity index (χ0) is 22.6. The summed E-state index contributed by atoms with van der Waals surface area (Å²) in [5.74, 6) is -1.06. The zero-order valence-electron chi connectivity index (χ0n) is 18.2. The number of para-hydroxylation sites is 1. The summed E-state index contributed by atoms with van der Waals surface area (Å²) < 4.78 is 32.1. The number of halogens is 1. The molecule has 11 heteroatoms. The molecule has 33 heavy (non-hydrogen) atoms. The molecule has 0 unspecified atom stereocenters. The first-order valence-corrected chi connectivity index (χ1v) is 14.0. The number of ether oxygens (including phenoxy) is 1. The molecular formula is C22H26ClN3O4S3. The van der Waals surface area contributed by atoms with E-state index in [1.165, 1.54) is 28.4 Å². The molecule has 0 saturated carbocycles. The third-order valence-electron chi connectivity index (χ3n) is 5.28. The van der Waals surface area contributed by atoms with Gasteiger partial charge in [0, 0.05) is 31.1 Å². The first kappa shape index (κ1) is 25.9. The average Bonchev–Trinajstić information content (AvgIpc) is 3.24. The third-order valence-corrected chi connectivity index (χ3v) is 8.71. The van der Waals surface area contributed by atoms with Crippen LogP contribution in [0.4, 0.5) is 5.13 Å². The lowest BCUT2D eigenvalue weighted by molar-refractivity contribution is -0.116. The predicted molar refractivity (Wildman–Crippen MR) is 137 cm³/mol. The van der Waals surface area contributed by atoms with Gasteiger partial charge in [-0.3, -0.25) is 14.6 Å². The van der Waals surface area contributed by atoms with E-state index in [0.29, 0.717) is 31.4 Å². The number of carbonyl (C=O) groups is 1. The molecule has 1 aromatic heterocycles. The maximum absolute atomic E-state index is 13.3. The summed E-state index contributed by atoms with van der Waals surface area (Å²) in [6, 6.07) is 14.0. The van der Waals surface area contributed by atoms with Gasteiger partial charge in [-0.2, -0.15) is 0 Å². The van der Waals surface area contributed by atoms with E-state index in [1.54, 1.807) is 30.0 Å². The molecular weight excluding hydrogens is 502 g/mol. The topological polar surface area (TPSA) is 79.8 Å². The number of morpholine rings is 1. The number of thioether (sulfide) groups is 1. The van der Waals surface area contributed by atoms with Crippen LogP contribution in [0.15, 0.2) is 58.3 Å². The van der Waals surface area contributed by atoms with Gasteiger partial charge >= 0.3 is 0 Å². The van der Waals surface area contributed by atoms with Crippen molar-refractivity contribution in [2.45, 2.75) is 9.79 Å². The van der Waals surface area contributed by atoms with Gasteiger partial charge in [0.2, 0.25) is 5.91 Å². The van der Waals surface area contributed by atoms with Crippen LogP contribution in [0.2, 0.25) is 0 Å². The molecule has 1 aliphatic rings. The Kier molecular flexibility index (Phi) is 9.14. The number of sulfone groups is 1. The zero-order valence-corrected chi connectivity index (χ0v) is 21.4. The lowest BCUT2D eigenvalue weighted by Gasteiger charge is -2.29. The van der Waals surface area contributed by atoms with E-state index in [-0.39, 0.29) is 17.3 Å². The molecule has 3 aromatic rings. The summed E-state index contributed by atoms with van der Waals surface area (Å²) in [5, 5.41) is 0.531. The van der Waals surface area contributed by atoms with Crippen LogP contribution in [0.3, 0.4) is 0 Å². The monoisotopic (exact) mass is 527 g/mol. The molecule has 0 aliphatic carbocycles. The van der Waals surface area contributed by atoms with Crippen molar-refractivity contribution < 1.29 is 17.9 Å². The molecule has 0 atom stereocenters. The van der Waals surface area contributed by atoms with Crippen molar-refractivity contribution >= 4 is 66.6 Å². The molecule has 1 fully saturated rings. The van der Waals surface area contributed by atoms with E-state index < -0.39 is 21.5 Å². The molecule has 2 heterocycles. The number of carbonyl (C=O) groups excluding carboxylic acids is 1. The molecule has 0 spiro atoms. The summed E-state index contributed by atoms with van der Waals surface area (Å²) in [5.41, 5.74) is 0.843. The number of hydrogen-bond acceptors (Lipinski definition) is 8. The van der Waals surface area contributed by atoms with Gasteiger partial charge in [-0.1, -0.05) is 35.6 Å². The fourth-order valence-corrected chi connectivity index (χ4v) is 6.42. The number of nitrogens with zero attached hydrogens (tertiary/aromatic N) is 3. The fourth-order valence-electron chi connectivity index (χ4n) is 3.54. The number of aromatic nitrogens is 1. The van der Waals surface area contributed by atoms with Crippen LogP contribution in [0, 0.1) is 0 Å². The Morgan fingerprint density at radius 3 is 2.58 bits per heavy atom. The lowest BCUT2D eigenvalue weighted by atomic mass is 10.3. The van der Waals surface area contributed by atoms with Crippen molar-refractivity contribution in [1.82, 2.24) is 9.88 Å². The van der Waals surface area contributed by atoms with Crippen molar-refractivity contribution in [3.63, 3.8) is 0 Å². The Morgan fingerprint density at radius 2 is 1.88 bits per heavy atom. The number of rotatable bonds is 8. The van der Waals surface area contributed by atoms with Crippen molar-refractivity contribution in [1.29, 1.82) is 0 Å². The fraction of sp³-hybridized carbons (Fsp3) is 0.364. The van der Waals surface area contributed by atoms with Gasteiger partial charge < -0.3 is 4.74 Å². The van der Waals surface area contributed by atoms with Crippen LogP contribution in [0.25, 0.3) is 10.2 Å². The molecule has 0 N–H and O–H groups in total. The van der Waals surface area contributed by atoms with Crippen LogP contribution < -0.4 is 4.90 Å². The maximum Gasteiger partial charge on any atom is 0.244 e. The minimum absolute atomic E-state index is 0. The lowest BCUT2D eigenvalue weighted by Crippen LogP contribution is -2.44. The maximum atomic E-state index is 13.3. The van der Waals surface area contributed by atoms with Crippen LogP contribution in [-0.4, -0.2) is 75.6 Å². The smallest absolute Gasteiger partial charge is 0.244 e. The number of thiazole rings is 1. The summed E-state index contributed by atoms with van der Waals surface area (Å²) in [6.45, 7) is 3.91. The first-order valence-electron chi connectivity index (χ1n) is 10.3. The molecule has 1 saturated heterocycles. The van der Waals surface area contributed by atoms with E-state index >= 15 is 0 Å². The highest BCUT2D eigenvalue weighted by Crippen LogP contribution is 2.34. The number of amides is 1. The molecule has 0 radical (unpaired) electrons. The number of anilines is 1. The van der Waals surface area contributed by atoms with Gasteiger partial charge in [-0.25, -0.2) is 13.4 Å². The third kappa shape index (κ3) is 6.26. The largest absolute Gasteiger partial charge is 0.379 e. The summed E-state index contributed by atoms with van der Waals surface area (Å²) in [6.07, 6.45) is 1.99. The Balaban J connectivity index is 0.00000306.